The summed E-state index contributed by atoms with van der Waals surface area (Å²) >= 11 is 0. The van der Waals surface area contributed by atoms with E-state index >= 15 is 0 Å². The van der Waals surface area contributed by atoms with Gasteiger partial charge >= 0.3 is 0 Å². The molecule has 0 unspecified atom stereocenters. The van der Waals surface area contributed by atoms with Gasteiger partial charge in [0.05, 0.1) is 7.11 Å². The number of ether oxygens (including phenoxy) is 2. The minimum atomic E-state index is 0.115. The minimum absolute atomic E-state index is 0.115. The van der Waals surface area contributed by atoms with Crippen LogP contribution in [0.2, 0.25) is 0 Å². The molecule has 0 bridgehead atoms. The highest BCUT2D eigenvalue weighted by atomic mass is 16.5. The summed E-state index contributed by atoms with van der Waals surface area (Å²) in [7, 11) is 1.63. The second-order valence-electron chi connectivity index (χ2n) is 6.84. The Morgan fingerprint density at radius 3 is 2.50 bits per heavy atom. The van der Waals surface area contributed by atoms with Crippen LogP contribution < -0.4 is 9.47 Å². The van der Waals surface area contributed by atoms with Crippen molar-refractivity contribution in [3.05, 3.63) is 101 Å². The summed E-state index contributed by atoms with van der Waals surface area (Å²) in [6.07, 6.45) is 3.61. The highest BCUT2D eigenvalue weighted by Gasteiger charge is 2.21. The van der Waals surface area contributed by atoms with Crippen molar-refractivity contribution in [2.45, 2.75) is 19.4 Å². The van der Waals surface area contributed by atoms with Crippen LogP contribution in [0.4, 0.5) is 0 Å². The Labute approximate surface area is 165 Å². The van der Waals surface area contributed by atoms with Gasteiger partial charge in [0.25, 0.3) is 0 Å². The highest BCUT2D eigenvalue weighted by Crippen LogP contribution is 2.31. The summed E-state index contributed by atoms with van der Waals surface area (Å²) in [4.78, 5) is 12.8. The lowest BCUT2D eigenvalue weighted by Crippen LogP contribution is -2.13. The summed E-state index contributed by atoms with van der Waals surface area (Å²) in [6.45, 7) is 0.462. The zero-order valence-corrected chi connectivity index (χ0v) is 15.9. The molecule has 3 aromatic carbocycles. The molecule has 4 rings (SSSR count). The van der Waals surface area contributed by atoms with Crippen LogP contribution >= 0.6 is 0 Å². The number of ketones is 1. The summed E-state index contributed by atoms with van der Waals surface area (Å²) in [5.41, 5.74) is 4.80. The molecule has 0 saturated heterocycles. The monoisotopic (exact) mass is 370 g/mol. The van der Waals surface area contributed by atoms with Gasteiger partial charge in [0.1, 0.15) is 6.61 Å². The van der Waals surface area contributed by atoms with Gasteiger partial charge in [0.2, 0.25) is 0 Å². The number of Topliss-reactive ketones (excluding diaryl/α,β-unsaturated/α-hetero) is 1. The van der Waals surface area contributed by atoms with Crippen LogP contribution in [0.3, 0.4) is 0 Å². The van der Waals surface area contributed by atoms with E-state index in [-0.39, 0.29) is 5.78 Å². The van der Waals surface area contributed by atoms with Crippen molar-refractivity contribution in [1.29, 1.82) is 0 Å². The largest absolute Gasteiger partial charge is 0.493 e. The van der Waals surface area contributed by atoms with Crippen LogP contribution in [0.5, 0.6) is 11.5 Å². The molecule has 28 heavy (non-hydrogen) atoms. The number of carbonyl (C=O) groups excluding carboxylic acids is 1. The zero-order chi connectivity index (χ0) is 19.3. The van der Waals surface area contributed by atoms with Gasteiger partial charge in [0, 0.05) is 11.1 Å². The molecule has 3 heteroatoms. The number of aryl methyl sites for hydroxylation is 1. The van der Waals surface area contributed by atoms with E-state index in [2.05, 4.69) is 0 Å². The highest BCUT2D eigenvalue weighted by molar-refractivity contribution is 6.13. The average Bonchev–Trinajstić information content (AvgIpc) is 2.75. The van der Waals surface area contributed by atoms with Crippen molar-refractivity contribution in [2.24, 2.45) is 0 Å². The van der Waals surface area contributed by atoms with Crippen molar-refractivity contribution < 1.29 is 14.3 Å². The second-order valence-corrected chi connectivity index (χ2v) is 6.84. The fourth-order valence-corrected chi connectivity index (χ4v) is 3.49. The van der Waals surface area contributed by atoms with E-state index in [1.807, 2.05) is 78.9 Å². The Kier molecular flexibility index (Phi) is 5.24. The number of methoxy groups -OCH3 is 1. The van der Waals surface area contributed by atoms with E-state index in [4.69, 9.17) is 9.47 Å². The first-order valence-electron chi connectivity index (χ1n) is 9.42. The Balaban J connectivity index is 1.58. The molecule has 1 aliphatic carbocycles. The third kappa shape index (κ3) is 3.84. The average molecular weight is 370 g/mol. The lowest BCUT2D eigenvalue weighted by atomic mass is 9.86. The normalized spacial score (nSPS) is 14.6. The van der Waals surface area contributed by atoms with Gasteiger partial charge < -0.3 is 9.47 Å². The number of rotatable bonds is 5. The Morgan fingerprint density at radius 2 is 1.68 bits per heavy atom. The SMILES string of the molecule is COc1ccc(/C=C2\CCc3ccccc3C2=O)cc1OCc1ccccc1. The van der Waals surface area contributed by atoms with Gasteiger partial charge in [-0.15, -0.1) is 0 Å². The minimum Gasteiger partial charge on any atom is -0.493 e. The van der Waals surface area contributed by atoms with Crippen LogP contribution in [0, 0.1) is 0 Å². The molecule has 3 aromatic rings. The molecule has 0 saturated carbocycles. The van der Waals surface area contributed by atoms with Gasteiger partial charge in [0.15, 0.2) is 17.3 Å². The number of benzene rings is 3. The van der Waals surface area contributed by atoms with E-state index in [0.717, 1.165) is 40.7 Å². The molecule has 0 N–H and O–H groups in total. The van der Waals surface area contributed by atoms with Crippen LogP contribution in [-0.2, 0) is 13.0 Å². The maximum absolute atomic E-state index is 12.8. The molecular weight excluding hydrogens is 348 g/mol. The predicted octanol–water partition coefficient (Wildman–Crippen LogP) is 5.49. The van der Waals surface area contributed by atoms with Crippen LogP contribution in [-0.4, -0.2) is 12.9 Å². The van der Waals surface area contributed by atoms with E-state index < -0.39 is 0 Å². The molecule has 0 amide bonds. The van der Waals surface area contributed by atoms with E-state index in [1.165, 1.54) is 0 Å². The van der Waals surface area contributed by atoms with Crippen molar-refractivity contribution >= 4 is 11.9 Å². The summed E-state index contributed by atoms with van der Waals surface area (Å²) in [6, 6.07) is 23.6. The first-order valence-corrected chi connectivity index (χ1v) is 9.42. The maximum Gasteiger partial charge on any atom is 0.189 e. The van der Waals surface area contributed by atoms with Gasteiger partial charge in [-0.05, 0) is 47.7 Å². The molecule has 1 aliphatic rings. The summed E-state index contributed by atoms with van der Waals surface area (Å²) in [5.74, 6) is 1.46. The van der Waals surface area contributed by atoms with E-state index in [9.17, 15) is 4.79 Å². The number of allylic oxidation sites excluding steroid dienone is 1. The Hall–Kier alpha value is -3.33. The molecule has 140 valence electrons. The quantitative estimate of drug-likeness (QED) is 0.557. The number of fused-ring (bicyclic) bond motifs is 1. The lowest BCUT2D eigenvalue weighted by Gasteiger charge is -2.17. The topological polar surface area (TPSA) is 35.5 Å². The van der Waals surface area contributed by atoms with Gasteiger partial charge in [-0.25, -0.2) is 0 Å². The van der Waals surface area contributed by atoms with Crippen molar-refractivity contribution in [3.63, 3.8) is 0 Å². The molecule has 0 heterocycles. The van der Waals surface area contributed by atoms with E-state index in [1.54, 1.807) is 7.11 Å². The van der Waals surface area contributed by atoms with Crippen molar-refractivity contribution in [3.8, 4) is 11.5 Å². The molecule has 3 nitrogen and oxygen atoms in total. The fourth-order valence-electron chi connectivity index (χ4n) is 3.49. The van der Waals surface area contributed by atoms with Crippen molar-refractivity contribution in [1.82, 2.24) is 0 Å². The van der Waals surface area contributed by atoms with Gasteiger partial charge in [-0.1, -0.05) is 60.7 Å². The first kappa shape index (κ1) is 18.1. The number of hydrogen-bond donors (Lipinski definition) is 0. The third-order valence-electron chi connectivity index (χ3n) is 4.98. The maximum atomic E-state index is 12.8. The Morgan fingerprint density at radius 1 is 0.893 bits per heavy atom. The van der Waals surface area contributed by atoms with Crippen molar-refractivity contribution in [2.75, 3.05) is 7.11 Å². The van der Waals surface area contributed by atoms with Gasteiger partial charge in [-0.3, -0.25) is 4.79 Å². The molecule has 0 atom stereocenters. The van der Waals surface area contributed by atoms with Crippen LogP contribution in [0.25, 0.3) is 6.08 Å². The molecule has 0 aliphatic heterocycles. The summed E-state index contributed by atoms with van der Waals surface area (Å²) < 4.78 is 11.4. The fraction of sp³-hybridized carbons (Fsp3) is 0.160. The standard InChI is InChI=1S/C25H22O3/c1-27-23-14-11-19(16-24(23)28-17-18-7-3-2-4-8-18)15-21-13-12-20-9-5-6-10-22(20)25(21)26/h2-11,14-16H,12-13,17H2,1H3/b21-15+. The third-order valence-corrected chi connectivity index (χ3v) is 4.98. The second kappa shape index (κ2) is 8.13. The molecule has 0 spiro atoms. The van der Waals surface area contributed by atoms with Crippen LogP contribution in [0.15, 0.2) is 78.4 Å². The molecule has 0 aromatic heterocycles. The summed E-state index contributed by atoms with van der Waals surface area (Å²) in [5, 5.41) is 0. The van der Waals surface area contributed by atoms with E-state index in [0.29, 0.717) is 18.1 Å². The molecule has 0 radical (unpaired) electrons. The molecular formula is C25H22O3. The predicted molar refractivity (Wildman–Crippen MR) is 111 cm³/mol. The first-order chi connectivity index (χ1) is 13.7. The lowest BCUT2D eigenvalue weighted by molar-refractivity contribution is 0.102. The smallest absolute Gasteiger partial charge is 0.189 e. The Bertz CT molecular complexity index is 1020. The number of hydrogen-bond acceptors (Lipinski definition) is 3. The molecule has 0 fully saturated rings. The number of carbonyl (C=O) groups is 1. The zero-order valence-electron chi connectivity index (χ0n) is 15.9. The van der Waals surface area contributed by atoms with Crippen LogP contribution in [0.1, 0.15) is 33.5 Å². The van der Waals surface area contributed by atoms with Gasteiger partial charge in [-0.2, -0.15) is 0 Å².